The van der Waals surface area contributed by atoms with Crippen LogP contribution in [0, 0.1) is 13.8 Å². The molecule has 1 saturated heterocycles. The first kappa shape index (κ1) is 11.8. The standard InChI is InChI=1S/C12H15N3O2S/c1-7-5-10(18-8(7)2)12-14-11(15-17-12)9-6-16-4-3-13-9/h5,9,13H,3-4,6H2,1-2H3. The largest absolute Gasteiger partial charge is 0.378 e. The Kier molecular flexibility index (Phi) is 3.15. The van der Waals surface area contributed by atoms with E-state index in [1.54, 1.807) is 11.3 Å². The molecule has 1 N–H and O–H groups in total. The summed E-state index contributed by atoms with van der Waals surface area (Å²) in [6.07, 6.45) is 0. The molecule has 1 fully saturated rings. The number of nitrogens with one attached hydrogen (secondary N) is 1. The van der Waals surface area contributed by atoms with Crippen LogP contribution >= 0.6 is 11.3 Å². The molecular weight excluding hydrogens is 250 g/mol. The fourth-order valence-electron chi connectivity index (χ4n) is 1.89. The van der Waals surface area contributed by atoms with Crippen molar-refractivity contribution in [2.45, 2.75) is 19.9 Å². The average molecular weight is 265 g/mol. The molecule has 1 aliphatic heterocycles. The van der Waals surface area contributed by atoms with Crippen molar-refractivity contribution in [1.29, 1.82) is 0 Å². The van der Waals surface area contributed by atoms with Gasteiger partial charge in [0.2, 0.25) is 0 Å². The van der Waals surface area contributed by atoms with E-state index in [0.29, 0.717) is 18.3 Å². The normalized spacial score (nSPS) is 20.2. The van der Waals surface area contributed by atoms with E-state index < -0.39 is 0 Å². The number of hydrogen-bond acceptors (Lipinski definition) is 6. The van der Waals surface area contributed by atoms with Gasteiger partial charge in [0, 0.05) is 11.4 Å². The molecule has 0 saturated carbocycles. The third-order valence-corrected chi connectivity index (χ3v) is 4.19. The molecule has 0 radical (unpaired) electrons. The molecule has 0 aliphatic carbocycles. The van der Waals surface area contributed by atoms with E-state index in [1.807, 2.05) is 0 Å². The Morgan fingerprint density at radius 1 is 1.44 bits per heavy atom. The molecule has 96 valence electrons. The second kappa shape index (κ2) is 4.79. The quantitative estimate of drug-likeness (QED) is 0.900. The first-order chi connectivity index (χ1) is 8.74. The molecule has 0 bridgehead atoms. The first-order valence-corrected chi connectivity index (χ1v) is 6.78. The number of morpholine rings is 1. The number of thiophene rings is 1. The molecule has 3 heterocycles. The molecule has 2 aromatic rings. The van der Waals surface area contributed by atoms with Gasteiger partial charge in [-0.2, -0.15) is 4.98 Å². The molecular formula is C12H15N3O2S. The third kappa shape index (κ3) is 2.19. The fourth-order valence-corrected chi connectivity index (χ4v) is 2.84. The van der Waals surface area contributed by atoms with Crippen molar-refractivity contribution in [3.63, 3.8) is 0 Å². The summed E-state index contributed by atoms with van der Waals surface area (Å²) in [6, 6.07) is 2.13. The highest BCUT2D eigenvalue weighted by atomic mass is 32.1. The van der Waals surface area contributed by atoms with Crippen LogP contribution in [0.3, 0.4) is 0 Å². The maximum atomic E-state index is 5.39. The van der Waals surface area contributed by atoms with Crippen molar-refractivity contribution >= 4 is 11.3 Å². The van der Waals surface area contributed by atoms with Crippen LogP contribution in [0.4, 0.5) is 0 Å². The molecule has 0 spiro atoms. The monoisotopic (exact) mass is 265 g/mol. The zero-order valence-electron chi connectivity index (χ0n) is 10.4. The van der Waals surface area contributed by atoms with E-state index in [1.165, 1.54) is 10.4 Å². The van der Waals surface area contributed by atoms with E-state index in [9.17, 15) is 0 Å². The SMILES string of the molecule is Cc1cc(-c2nc(C3COCCN3)no2)sc1C. The smallest absolute Gasteiger partial charge is 0.268 e. The minimum Gasteiger partial charge on any atom is -0.378 e. The lowest BCUT2D eigenvalue weighted by molar-refractivity contribution is 0.0734. The van der Waals surface area contributed by atoms with Crippen LogP contribution in [0.2, 0.25) is 0 Å². The van der Waals surface area contributed by atoms with E-state index in [2.05, 4.69) is 35.4 Å². The Hall–Kier alpha value is -1.24. The Labute approximate surface area is 109 Å². The molecule has 6 heteroatoms. The molecule has 18 heavy (non-hydrogen) atoms. The van der Waals surface area contributed by atoms with E-state index in [-0.39, 0.29) is 6.04 Å². The average Bonchev–Trinajstić information content (AvgIpc) is 2.99. The molecule has 1 aliphatic rings. The van der Waals surface area contributed by atoms with Gasteiger partial charge in [-0.05, 0) is 25.5 Å². The van der Waals surface area contributed by atoms with Gasteiger partial charge in [-0.25, -0.2) is 0 Å². The van der Waals surface area contributed by atoms with Gasteiger partial charge in [-0.15, -0.1) is 11.3 Å². The van der Waals surface area contributed by atoms with Crippen molar-refractivity contribution in [2.75, 3.05) is 19.8 Å². The van der Waals surface area contributed by atoms with Crippen LogP contribution in [-0.2, 0) is 4.74 Å². The van der Waals surface area contributed by atoms with Gasteiger partial charge in [-0.3, -0.25) is 0 Å². The van der Waals surface area contributed by atoms with Gasteiger partial charge in [0.15, 0.2) is 5.82 Å². The van der Waals surface area contributed by atoms with Gasteiger partial charge in [0.25, 0.3) is 5.89 Å². The molecule has 0 amide bonds. The van der Waals surface area contributed by atoms with Crippen molar-refractivity contribution in [2.24, 2.45) is 0 Å². The van der Waals surface area contributed by atoms with Crippen LogP contribution in [0.15, 0.2) is 10.6 Å². The summed E-state index contributed by atoms with van der Waals surface area (Å²) >= 11 is 1.68. The second-order valence-electron chi connectivity index (χ2n) is 4.39. The minimum absolute atomic E-state index is 0.0402. The summed E-state index contributed by atoms with van der Waals surface area (Å²) in [6.45, 7) is 6.35. The van der Waals surface area contributed by atoms with E-state index >= 15 is 0 Å². The van der Waals surface area contributed by atoms with Gasteiger partial charge in [-0.1, -0.05) is 5.16 Å². The summed E-state index contributed by atoms with van der Waals surface area (Å²) in [5, 5.41) is 7.34. The van der Waals surface area contributed by atoms with Crippen molar-refractivity contribution in [3.8, 4) is 10.8 Å². The lowest BCUT2D eigenvalue weighted by atomic mass is 10.2. The fraction of sp³-hybridized carbons (Fsp3) is 0.500. The maximum Gasteiger partial charge on any atom is 0.268 e. The summed E-state index contributed by atoms with van der Waals surface area (Å²) in [7, 11) is 0. The molecule has 0 aromatic carbocycles. The lowest BCUT2D eigenvalue weighted by Crippen LogP contribution is -2.35. The van der Waals surface area contributed by atoms with Crippen molar-refractivity contribution < 1.29 is 9.26 Å². The number of ether oxygens (including phenoxy) is 1. The molecule has 5 nitrogen and oxygen atoms in total. The maximum absolute atomic E-state index is 5.39. The molecule has 1 atom stereocenters. The van der Waals surface area contributed by atoms with E-state index in [4.69, 9.17) is 9.26 Å². The van der Waals surface area contributed by atoms with Crippen molar-refractivity contribution in [3.05, 3.63) is 22.3 Å². The number of aryl methyl sites for hydroxylation is 2. The summed E-state index contributed by atoms with van der Waals surface area (Å²) in [5.41, 5.74) is 1.26. The zero-order chi connectivity index (χ0) is 12.5. The predicted molar refractivity (Wildman–Crippen MR) is 68.6 cm³/mol. The Morgan fingerprint density at radius 3 is 3.00 bits per heavy atom. The second-order valence-corrected chi connectivity index (χ2v) is 5.65. The van der Waals surface area contributed by atoms with Crippen LogP contribution in [0.1, 0.15) is 22.3 Å². The Balaban J connectivity index is 1.84. The molecule has 1 unspecified atom stereocenters. The highest BCUT2D eigenvalue weighted by molar-refractivity contribution is 7.15. The highest BCUT2D eigenvalue weighted by Gasteiger charge is 2.22. The minimum atomic E-state index is 0.0402. The summed E-state index contributed by atoms with van der Waals surface area (Å²) in [5.74, 6) is 1.27. The molecule has 3 rings (SSSR count). The van der Waals surface area contributed by atoms with Gasteiger partial charge in [0.1, 0.15) is 0 Å². The van der Waals surface area contributed by atoms with Crippen LogP contribution in [0.25, 0.3) is 10.8 Å². The number of nitrogens with zero attached hydrogens (tertiary/aromatic N) is 2. The van der Waals surface area contributed by atoms with Crippen LogP contribution < -0.4 is 5.32 Å². The molecule has 2 aromatic heterocycles. The van der Waals surface area contributed by atoms with Gasteiger partial charge >= 0.3 is 0 Å². The predicted octanol–water partition coefficient (Wildman–Crippen LogP) is 2.08. The van der Waals surface area contributed by atoms with Crippen LogP contribution in [-0.4, -0.2) is 29.9 Å². The zero-order valence-corrected chi connectivity index (χ0v) is 11.2. The third-order valence-electron chi connectivity index (χ3n) is 3.05. The van der Waals surface area contributed by atoms with Gasteiger partial charge in [0.05, 0.1) is 24.1 Å². The topological polar surface area (TPSA) is 60.2 Å². The lowest BCUT2D eigenvalue weighted by Gasteiger charge is -2.20. The highest BCUT2D eigenvalue weighted by Crippen LogP contribution is 2.30. The number of aromatic nitrogens is 2. The van der Waals surface area contributed by atoms with E-state index in [0.717, 1.165) is 18.0 Å². The van der Waals surface area contributed by atoms with Gasteiger partial charge < -0.3 is 14.6 Å². The number of rotatable bonds is 2. The summed E-state index contributed by atoms with van der Waals surface area (Å²) in [4.78, 5) is 6.76. The van der Waals surface area contributed by atoms with Crippen molar-refractivity contribution in [1.82, 2.24) is 15.5 Å². The first-order valence-electron chi connectivity index (χ1n) is 5.96. The Bertz CT molecular complexity index is 524. The number of hydrogen-bond donors (Lipinski definition) is 1. The van der Waals surface area contributed by atoms with Crippen LogP contribution in [0.5, 0.6) is 0 Å². The Morgan fingerprint density at radius 2 is 2.33 bits per heavy atom. The summed E-state index contributed by atoms with van der Waals surface area (Å²) < 4.78 is 10.7.